The predicted octanol–water partition coefficient (Wildman–Crippen LogP) is 2.38. The molecule has 5 rings (SSSR count). The van der Waals surface area contributed by atoms with Gasteiger partial charge in [0.15, 0.2) is 5.60 Å². The quantitative estimate of drug-likeness (QED) is 0.222. The number of nitrogens with zero attached hydrogens (tertiary/aromatic N) is 8. The zero-order chi connectivity index (χ0) is 29.9. The van der Waals surface area contributed by atoms with Gasteiger partial charge in [0.05, 0.1) is 30.7 Å². The molecule has 1 saturated heterocycles. The first-order valence-electron chi connectivity index (χ1n) is 13.1. The fraction of sp³-hybridized carbons (Fsp3) is 0.333. The Kier molecular flexibility index (Phi) is 8.10. The van der Waals surface area contributed by atoms with E-state index in [0.717, 1.165) is 17.8 Å². The highest BCUT2D eigenvalue weighted by atomic mass is 19.1. The van der Waals surface area contributed by atoms with Crippen LogP contribution in [0, 0.1) is 11.6 Å². The first kappa shape index (κ1) is 28.6. The van der Waals surface area contributed by atoms with Crippen molar-refractivity contribution in [1.29, 1.82) is 0 Å². The molecule has 1 N–H and O–H groups in total. The molecule has 15 heteroatoms. The fourth-order valence-corrected chi connectivity index (χ4v) is 4.87. The minimum absolute atomic E-state index is 0.151. The van der Waals surface area contributed by atoms with Crippen molar-refractivity contribution in [2.75, 3.05) is 24.6 Å². The van der Waals surface area contributed by atoms with Gasteiger partial charge in [-0.15, -0.1) is 9.78 Å². The SMILES string of the molecule is CCOC(=O)OCn1cn[n+](C[C@](O)(c2ccc(F)cc2F)[C@@H](C)N2CCN(c3ccc(-n4ccnn4)cc3)C2=O)c1. The Labute approximate surface area is 239 Å². The van der Waals surface area contributed by atoms with E-state index in [9.17, 15) is 19.1 Å². The lowest BCUT2D eigenvalue weighted by atomic mass is 9.85. The van der Waals surface area contributed by atoms with E-state index in [-0.39, 0.29) is 32.0 Å². The summed E-state index contributed by atoms with van der Waals surface area (Å²) < 4.78 is 43.0. The monoisotopic (exact) mass is 583 g/mol. The largest absolute Gasteiger partial charge is 0.511 e. The Bertz CT molecular complexity index is 1550. The minimum atomic E-state index is -2.04. The van der Waals surface area contributed by atoms with E-state index in [1.54, 1.807) is 60.1 Å². The highest BCUT2D eigenvalue weighted by Crippen LogP contribution is 2.34. The lowest BCUT2D eigenvalue weighted by Crippen LogP contribution is -2.58. The third-order valence-corrected chi connectivity index (χ3v) is 7.07. The molecule has 3 heterocycles. The normalized spacial score (nSPS) is 15.5. The maximum Gasteiger partial charge on any atom is 0.511 e. The fourth-order valence-electron chi connectivity index (χ4n) is 4.87. The van der Waals surface area contributed by atoms with E-state index in [0.29, 0.717) is 18.3 Å². The number of ether oxygens (including phenoxy) is 2. The molecule has 1 aliphatic rings. The summed E-state index contributed by atoms with van der Waals surface area (Å²) in [4.78, 5) is 28.1. The average Bonchev–Trinajstić information content (AvgIpc) is 3.74. The van der Waals surface area contributed by atoms with Gasteiger partial charge in [0.2, 0.25) is 13.1 Å². The number of hydrogen-bond acceptors (Lipinski definition) is 8. The van der Waals surface area contributed by atoms with E-state index in [1.165, 1.54) is 26.8 Å². The average molecular weight is 584 g/mol. The van der Waals surface area contributed by atoms with Crippen LogP contribution in [0.5, 0.6) is 0 Å². The Morgan fingerprint density at radius 3 is 2.60 bits per heavy atom. The number of halogens is 2. The van der Waals surface area contributed by atoms with Gasteiger partial charge >= 0.3 is 12.2 Å². The smallest absolute Gasteiger partial charge is 0.434 e. The maximum atomic E-state index is 15.1. The van der Waals surface area contributed by atoms with Gasteiger partial charge < -0.3 is 19.5 Å². The second-order valence-corrected chi connectivity index (χ2v) is 9.63. The highest BCUT2D eigenvalue weighted by molar-refractivity contribution is 5.94. The Hall–Kier alpha value is -4.92. The first-order chi connectivity index (χ1) is 20.2. The molecule has 2 aromatic heterocycles. The molecule has 2 amide bonds. The second-order valence-electron chi connectivity index (χ2n) is 9.63. The molecular formula is C27H29F2N8O5+. The summed E-state index contributed by atoms with van der Waals surface area (Å²) in [5, 5.41) is 24.0. The van der Waals surface area contributed by atoms with Crippen molar-refractivity contribution < 1.29 is 37.6 Å². The van der Waals surface area contributed by atoms with Gasteiger partial charge in [0, 0.05) is 30.4 Å². The van der Waals surface area contributed by atoms with E-state index < -0.39 is 35.5 Å². The molecule has 0 spiro atoms. The van der Waals surface area contributed by atoms with Gasteiger partial charge in [-0.2, -0.15) is 4.57 Å². The number of urea groups is 1. The number of rotatable bonds is 10. The number of anilines is 1. The lowest BCUT2D eigenvalue weighted by Gasteiger charge is -2.38. The van der Waals surface area contributed by atoms with Crippen LogP contribution in [0.15, 0.2) is 67.5 Å². The van der Waals surface area contributed by atoms with Crippen molar-refractivity contribution >= 4 is 17.9 Å². The Balaban J connectivity index is 1.38. The van der Waals surface area contributed by atoms with Crippen LogP contribution in [0.3, 0.4) is 0 Å². The van der Waals surface area contributed by atoms with Gasteiger partial charge in [-0.25, -0.2) is 23.1 Å². The van der Waals surface area contributed by atoms with E-state index >= 15 is 4.39 Å². The van der Waals surface area contributed by atoms with Crippen LogP contribution < -0.4 is 9.58 Å². The summed E-state index contributed by atoms with van der Waals surface area (Å²) in [6, 6.07) is 8.65. The Morgan fingerprint density at radius 2 is 1.90 bits per heavy atom. The Morgan fingerprint density at radius 1 is 1.14 bits per heavy atom. The lowest BCUT2D eigenvalue weighted by molar-refractivity contribution is -0.765. The van der Waals surface area contributed by atoms with Crippen LogP contribution in [0.2, 0.25) is 0 Å². The van der Waals surface area contributed by atoms with Crippen LogP contribution in [-0.2, 0) is 28.4 Å². The van der Waals surface area contributed by atoms with Crippen LogP contribution >= 0.6 is 0 Å². The number of aliphatic hydroxyl groups is 1. The number of carbonyl (C=O) groups is 2. The van der Waals surface area contributed by atoms with E-state index in [2.05, 4.69) is 15.4 Å². The summed E-state index contributed by atoms with van der Waals surface area (Å²) >= 11 is 0. The molecule has 4 aromatic rings. The number of carbonyl (C=O) groups excluding carboxylic acids is 2. The summed E-state index contributed by atoms with van der Waals surface area (Å²) in [5.74, 6) is -1.78. The molecule has 1 aliphatic heterocycles. The topological polar surface area (TPSA) is 132 Å². The van der Waals surface area contributed by atoms with Gasteiger partial charge in [-0.3, -0.25) is 4.90 Å². The zero-order valence-electron chi connectivity index (χ0n) is 22.9. The van der Waals surface area contributed by atoms with E-state index in [4.69, 9.17) is 9.47 Å². The van der Waals surface area contributed by atoms with Crippen molar-refractivity contribution in [2.45, 2.75) is 38.8 Å². The minimum Gasteiger partial charge on any atom is -0.434 e. The van der Waals surface area contributed by atoms with Crippen LogP contribution in [0.1, 0.15) is 19.4 Å². The third kappa shape index (κ3) is 5.76. The summed E-state index contributed by atoms with van der Waals surface area (Å²) in [7, 11) is 0. The van der Waals surface area contributed by atoms with Crippen molar-refractivity contribution in [1.82, 2.24) is 29.6 Å². The second kappa shape index (κ2) is 11.9. The van der Waals surface area contributed by atoms with Crippen LogP contribution in [0.25, 0.3) is 5.69 Å². The van der Waals surface area contributed by atoms with Crippen molar-refractivity contribution in [3.05, 3.63) is 84.7 Å². The number of aromatic nitrogens is 6. The molecule has 0 radical (unpaired) electrons. The van der Waals surface area contributed by atoms with Gasteiger partial charge in [-0.05, 0) is 49.3 Å². The van der Waals surface area contributed by atoms with Gasteiger partial charge in [0.1, 0.15) is 18.2 Å². The molecule has 42 heavy (non-hydrogen) atoms. The van der Waals surface area contributed by atoms with Crippen LogP contribution in [-0.4, -0.2) is 72.6 Å². The molecule has 0 aliphatic carbocycles. The number of benzene rings is 2. The molecule has 2 aromatic carbocycles. The molecule has 13 nitrogen and oxygen atoms in total. The maximum absolute atomic E-state index is 15.1. The standard InChI is InChI=1S/C27H29F2N8O5/c1-3-41-26(39)42-18-33-16-31-34(17-33)15-27(40,23-9-4-20(28)14-24(23)29)19(2)35-12-13-36(25(35)38)21-5-7-22(8-6-21)37-11-10-30-32-37/h4-11,14,16-17,19,40H,3,12-13,15,18H2,1-2H3/q+1/t19-,27-/m1/s1. The van der Waals surface area contributed by atoms with Gasteiger partial charge in [0.25, 0.3) is 6.33 Å². The molecule has 2 atom stereocenters. The van der Waals surface area contributed by atoms with E-state index in [1.807, 2.05) is 0 Å². The van der Waals surface area contributed by atoms with Crippen LogP contribution in [0.4, 0.5) is 24.1 Å². The molecule has 0 bridgehead atoms. The van der Waals surface area contributed by atoms with Gasteiger partial charge in [-0.1, -0.05) is 11.3 Å². The number of hydrogen-bond donors (Lipinski definition) is 1. The highest BCUT2D eigenvalue weighted by Gasteiger charge is 2.48. The molecule has 0 unspecified atom stereocenters. The molecule has 1 fully saturated rings. The molecule has 0 saturated carbocycles. The summed E-state index contributed by atoms with van der Waals surface area (Å²) in [5.41, 5.74) is -0.848. The first-order valence-corrected chi connectivity index (χ1v) is 13.1. The summed E-state index contributed by atoms with van der Waals surface area (Å²) in [6.45, 7) is 3.43. The molecule has 220 valence electrons. The van der Waals surface area contributed by atoms with Crippen molar-refractivity contribution in [3.8, 4) is 5.69 Å². The predicted molar refractivity (Wildman–Crippen MR) is 141 cm³/mol. The number of amides is 2. The third-order valence-electron chi connectivity index (χ3n) is 7.07. The van der Waals surface area contributed by atoms with Crippen molar-refractivity contribution in [2.24, 2.45) is 0 Å². The zero-order valence-corrected chi connectivity index (χ0v) is 22.9. The summed E-state index contributed by atoms with van der Waals surface area (Å²) in [6.07, 6.45) is 5.18. The van der Waals surface area contributed by atoms with Crippen molar-refractivity contribution in [3.63, 3.8) is 0 Å². The molecular weight excluding hydrogens is 554 g/mol.